The van der Waals surface area contributed by atoms with E-state index in [4.69, 9.17) is 9.84 Å². The minimum Gasteiger partial charge on any atom is -0.497 e. The molecule has 0 aliphatic heterocycles. The number of aromatic nitrogens is 2. The van der Waals surface area contributed by atoms with Crippen molar-refractivity contribution in [3.8, 4) is 22.7 Å². The zero-order valence-electron chi connectivity index (χ0n) is 11.9. The monoisotopic (exact) mass is 294 g/mol. The van der Waals surface area contributed by atoms with E-state index < -0.39 is 5.97 Å². The van der Waals surface area contributed by atoms with Crippen LogP contribution in [0.3, 0.4) is 0 Å². The molecule has 1 aromatic heterocycles. The fourth-order valence-electron chi connectivity index (χ4n) is 2.23. The third-order valence-corrected chi connectivity index (χ3v) is 3.39. The lowest BCUT2D eigenvalue weighted by Gasteiger charge is -2.08. The van der Waals surface area contributed by atoms with Gasteiger partial charge >= 0.3 is 5.97 Å². The van der Waals surface area contributed by atoms with Crippen LogP contribution in [0.15, 0.2) is 60.8 Å². The van der Waals surface area contributed by atoms with Crippen LogP contribution < -0.4 is 4.74 Å². The molecule has 5 heteroatoms. The average molecular weight is 294 g/mol. The van der Waals surface area contributed by atoms with Crippen molar-refractivity contribution in [2.24, 2.45) is 0 Å². The summed E-state index contributed by atoms with van der Waals surface area (Å²) in [5, 5.41) is 13.3. The second-order valence-corrected chi connectivity index (χ2v) is 4.71. The number of carbonyl (C=O) groups is 1. The van der Waals surface area contributed by atoms with Crippen LogP contribution in [0.4, 0.5) is 0 Å². The molecule has 0 aliphatic rings. The highest BCUT2D eigenvalue weighted by atomic mass is 16.5. The summed E-state index contributed by atoms with van der Waals surface area (Å²) in [6.07, 6.45) is 1.71. The third-order valence-electron chi connectivity index (χ3n) is 3.39. The van der Waals surface area contributed by atoms with Gasteiger partial charge in [-0.05, 0) is 54.6 Å². The van der Waals surface area contributed by atoms with Crippen LogP contribution in [0.1, 0.15) is 10.4 Å². The molecule has 3 rings (SSSR count). The van der Waals surface area contributed by atoms with Crippen LogP contribution in [0, 0.1) is 0 Å². The van der Waals surface area contributed by atoms with Crippen LogP contribution in [0.5, 0.6) is 5.75 Å². The number of aromatic carboxylic acids is 1. The van der Waals surface area contributed by atoms with Gasteiger partial charge in [0.2, 0.25) is 0 Å². The summed E-state index contributed by atoms with van der Waals surface area (Å²) in [5.41, 5.74) is 2.98. The SMILES string of the molecule is COc1ccc(-c2ccnn2-c2ccc(C(=O)O)cc2)cc1. The molecule has 0 bridgehead atoms. The van der Waals surface area contributed by atoms with Crippen LogP contribution >= 0.6 is 0 Å². The lowest BCUT2D eigenvalue weighted by molar-refractivity contribution is 0.0697. The van der Waals surface area contributed by atoms with Gasteiger partial charge in [0, 0.05) is 5.56 Å². The highest BCUT2D eigenvalue weighted by Gasteiger charge is 2.09. The third kappa shape index (κ3) is 2.56. The molecule has 0 amide bonds. The Morgan fingerprint density at radius 2 is 1.73 bits per heavy atom. The molecule has 0 spiro atoms. The number of benzene rings is 2. The minimum atomic E-state index is -0.942. The Hall–Kier alpha value is -3.08. The van der Waals surface area contributed by atoms with Gasteiger partial charge < -0.3 is 9.84 Å². The Balaban J connectivity index is 1.99. The molecule has 2 aromatic carbocycles. The van der Waals surface area contributed by atoms with Crippen LogP contribution in [-0.4, -0.2) is 28.0 Å². The van der Waals surface area contributed by atoms with E-state index in [9.17, 15) is 4.79 Å². The van der Waals surface area contributed by atoms with Gasteiger partial charge in [0.1, 0.15) is 5.75 Å². The summed E-state index contributed by atoms with van der Waals surface area (Å²) < 4.78 is 6.93. The van der Waals surface area contributed by atoms with Gasteiger partial charge in [-0.3, -0.25) is 0 Å². The van der Waals surface area contributed by atoms with E-state index in [0.717, 1.165) is 22.7 Å². The molecule has 3 aromatic rings. The standard InChI is InChI=1S/C17H14N2O3/c1-22-15-8-4-12(5-9-15)16-10-11-18-19(16)14-6-2-13(3-7-14)17(20)21/h2-11H,1H3,(H,20,21). The van der Waals surface area contributed by atoms with Crippen molar-refractivity contribution in [1.82, 2.24) is 9.78 Å². The first-order valence-corrected chi connectivity index (χ1v) is 6.71. The van der Waals surface area contributed by atoms with Gasteiger partial charge in [0.25, 0.3) is 0 Å². The normalized spacial score (nSPS) is 10.4. The van der Waals surface area contributed by atoms with Gasteiger partial charge in [0.15, 0.2) is 0 Å². The van der Waals surface area contributed by atoms with Crippen molar-refractivity contribution in [3.05, 3.63) is 66.4 Å². The van der Waals surface area contributed by atoms with E-state index in [-0.39, 0.29) is 5.56 Å². The first-order valence-electron chi connectivity index (χ1n) is 6.71. The summed E-state index contributed by atoms with van der Waals surface area (Å²) in [6.45, 7) is 0. The highest BCUT2D eigenvalue weighted by molar-refractivity contribution is 5.87. The Bertz CT molecular complexity index is 790. The van der Waals surface area contributed by atoms with Gasteiger partial charge in [-0.15, -0.1) is 0 Å². The van der Waals surface area contributed by atoms with E-state index >= 15 is 0 Å². The molecule has 0 radical (unpaired) electrons. The zero-order chi connectivity index (χ0) is 15.5. The van der Waals surface area contributed by atoms with Crippen LogP contribution in [-0.2, 0) is 0 Å². The van der Waals surface area contributed by atoms with Gasteiger partial charge in [-0.1, -0.05) is 0 Å². The number of methoxy groups -OCH3 is 1. The van der Waals surface area contributed by atoms with Crippen molar-refractivity contribution in [3.63, 3.8) is 0 Å². The minimum absolute atomic E-state index is 0.252. The maximum Gasteiger partial charge on any atom is 0.335 e. The summed E-state index contributed by atoms with van der Waals surface area (Å²) >= 11 is 0. The number of rotatable bonds is 4. The van der Waals surface area contributed by atoms with Crippen molar-refractivity contribution >= 4 is 5.97 Å². The smallest absolute Gasteiger partial charge is 0.335 e. The first kappa shape index (κ1) is 13.9. The highest BCUT2D eigenvalue weighted by Crippen LogP contribution is 2.24. The van der Waals surface area contributed by atoms with Gasteiger partial charge in [0.05, 0.1) is 30.3 Å². The number of carboxylic acids is 1. The first-order chi connectivity index (χ1) is 10.7. The lowest BCUT2D eigenvalue weighted by atomic mass is 10.1. The van der Waals surface area contributed by atoms with E-state index in [2.05, 4.69) is 5.10 Å². The number of hydrogen-bond acceptors (Lipinski definition) is 3. The van der Waals surface area contributed by atoms with Gasteiger partial charge in [-0.25, -0.2) is 9.48 Å². The van der Waals surface area contributed by atoms with E-state index in [1.165, 1.54) is 0 Å². The molecule has 110 valence electrons. The molecule has 1 heterocycles. The number of carboxylic acid groups (broad SMARTS) is 1. The second-order valence-electron chi connectivity index (χ2n) is 4.71. The van der Waals surface area contributed by atoms with Crippen LogP contribution in [0.2, 0.25) is 0 Å². The van der Waals surface area contributed by atoms with E-state index in [0.29, 0.717) is 0 Å². The second kappa shape index (κ2) is 5.73. The molecular formula is C17H14N2O3. The van der Waals surface area contributed by atoms with Crippen LogP contribution in [0.25, 0.3) is 16.9 Å². The Labute approximate surface area is 127 Å². The Kier molecular flexibility index (Phi) is 3.62. The quantitative estimate of drug-likeness (QED) is 0.802. The lowest BCUT2D eigenvalue weighted by Crippen LogP contribution is -2.01. The number of nitrogens with zero attached hydrogens (tertiary/aromatic N) is 2. The average Bonchev–Trinajstić information content (AvgIpc) is 3.04. The maximum atomic E-state index is 10.9. The van der Waals surface area contributed by atoms with Crippen molar-refractivity contribution in [1.29, 1.82) is 0 Å². The fourth-order valence-corrected chi connectivity index (χ4v) is 2.23. The Morgan fingerprint density at radius 1 is 1.05 bits per heavy atom. The van der Waals surface area contributed by atoms with Crippen molar-refractivity contribution in [2.75, 3.05) is 7.11 Å². The molecule has 0 unspecified atom stereocenters. The van der Waals surface area contributed by atoms with Crippen molar-refractivity contribution in [2.45, 2.75) is 0 Å². The predicted molar refractivity (Wildman–Crippen MR) is 82.5 cm³/mol. The van der Waals surface area contributed by atoms with Gasteiger partial charge in [-0.2, -0.15) is 5.10 Å². The molecule has 0 atom stereocenters. The zero-order valence-corrected chi connectivity index (χ0v) is 11.9. The molecule has 1 N–H and O–H groups in total. The Morgan fingerprint density at radius 3 is 2.32 bits per heavy atom. The summed E-state index contributed by atoms with van der Waals surface area (Å²) in [7, 11) is 1.63. The number of ether oxygens (including phenoxy) is 1. The topological polar surface area (TPSA) is 64.4 Å². The maximum absolute atomic E-state index is 10.9. The molecular weight excluding hydrogens is 280 g/mol. The van der Waals surface area contributed by atoms with E-state index in [1.54, 1.807) is 42.3 Å². The molecule has 0 aliphatic carbocycles. The molecule has 0 fully saturated rings. The molecule has 22 heavy (non-hydrogen) atoms. The molecule has 5 nitrogen and oxygen atoms in total. The predicted octanol–water partition coefficient (Wildman–Crippen LogP) is 3.25. The summed E-state index contributed by atoms with van der Waals surface area (Å²) in [6, 6.07) is 16.2. The van der Waals surface area contributed by atoms with E-state index in [1.807, 2.05) is 30.3 Å². The summed E-state index contributed by atoms with van der Waals surface area (Å²) in [5.74, 6) is -0.150. The molecule has 0 saturated heterocycles. The number of hydrogen-bond donors (Lipinski definition) is 1. The summed E-state index contributed by atoms with van der Waals surface area (Å²) in [4.78, 5) is 10.9. The molecule has 0 saturated carbocycles. The fraction of sp³-hybridized carbons (Fsp3) is 0.0588. The largest absolute Gasteiger partial charge is 0.497 e. The van der Waals surface area contributed by atoms with Crippen molar-refractivity contribution < 1.29 is 14.6 Å².